The molecular formula is C21H19N5O2. The van der Waals surface area contributed by atoms with Crippen molar-refractivity contribution in [2.24, 2.45) is 0 Å². The molecule has 0 amide bonds. The highest BCUT2D eigenvalue weighted by Gasteiger charge is 2.10. The highest BCUT2D eigenvalue weighted by molar-refractivity contribution is 5.69. The molecule has 0 spiro atoms. The Morgan fingerprint density at radius 3 is 2.57 bits per heavy atom. The number of hydrogen-bond donors (Lipinski definition) is 1. The molecule has 0 radical (unpaired) electrons. The molecule has 7 nitrogen and oxygen atoms in total. The molecule has 2 N–H and O–H groups in total. The van der Waals surface area contributed by atoms with Crippen molar-refractivity contribution in [3.8, 4) is 17.1 Å². The lowest BCUT2D eigenvalue weighted by Crippen LogP contribution is -2.01. The van der Waals surface area contributed by atoms with Crippen molar-refractivity contribution in [2.45, 2.75) is 20.0 Å². The van der Waals surface area contributed by atoms with Crippen LogP contribution >= 0.6 is 0 Å². The van der Waals surface area contributed by atoms with E-state index in [1.807, 2.05) is 49.4 Å². The number of pyridine rings is 1. The van der Waals surface area contributed by atoms with E-state index in [2.05, 4.69) is 20.1 Å². The lowest BCUT2D eigenvalue weighted by atomic mass is 10.1. The van der Waals surface area contributed by atoms with Crippen LogP contribution in [-0.2, 0) is 13.0 Å². The van der Waals surface area contributed by atoms with E-state index >= 15 is 0 Å². The van der Waals surface area contributed by atoms with Crippen molar-refractivity contribution in [3.63, 3.8) is 0 Å². The molecule has 3 heterocycles. The summed E-state index contributed by atoms with van der Waals surface area (Å²) in [4.78, 5) is 12.5. The van der Waals surface area contributed by atoms with Crippen molar-refractivity contribution in [2.75, 3.05) is 5.73 Å². The quantitative estimate of drug-likeness (QED) is 0.551. The molecule has 28 heavy (non-hydrogen) atoms. The third-order valence-electron chi connectivity index (χ3n) is 4.17. The Morgan fingerprint density at radius 2 is 1.82 bits per heavy atom. The van der Waals surface area contributed by atoms with Crippen LogP contribution in [0.25, 0.3) is 11.3 Å². The molecule has 0 aliphatic carbocycles. The number of rotatable bonds is 6. The highest BCUT2D eigenvalue weighted by atomic mass is 16.5. The van der Waals surface area contributed by atoms with Crippen LogP contribution in [0, 0.1) is 6.92 Å². The Labute approximate surface area is 162 Å². The van der Waals surface area contributed by atoms with Gasteiger partial charge in [0.05, 0.1) is 11.3 Å². The lowest BCUT2D eigenvalue weighted by molar-refractivity contribution is 0.295. The zero-order valence-electron chi connectivity index (χ0n) is 15.4. The Balaban J connectivity index is 1.38. The van der Waals surface area contributed by atoms with Gasteiger partial charge in [-0.1, -0.05) is 17.3 Å². The average molecular weight is 373 g/mol. The minimum atomic E-state index is 0.332. The number of benzene rings is 1. The summed E-state index contributed by atoms with van der Waals surface area (Å²) in [6, 6.07) is 13.4. The molecule has 140 valence electrons. The summed E-state index contributed by atoms with van der Waals surface area (Å²) in [5.74, 6) is 2.44. The van der Waals surface area contributed by atoms with Gasteiger partial charge < -0.3 is 15.0 Å². The summed E-state index contributed by atoms with van der Waals surface area (Å²) in [5, 5.41) is 4.13. The summed E-state index contributed by atoms with van der Waals surface area (Å²) in [7, 11) is 0. The fourth-order valence-electron chi connectivity index (χ4n) is 2.70. The van der Waals surface area contributed by atoms with Gasteiger partial charge in [-0.2, -0.15) is 0 Å². The van der Waals surface area contributed by atoms with E-state index in [1.54, 1.807) is 18.6 Å². The van der Waals surface area contributed by atoms with Crippen LogP contribution in [0.5, 0.6) is 5.75 Å². The van der Waals surface area contributed by atoms with Crippen LogP contribution in [0.3, 0.4) is 0 Å². The summed E-state index contributed by atoms with van der Waals surface area (Å²) in [6.45, 7) is 2.28. The van der Waals surface area contributed by atoms with Crippen LogP contribution in [-0.4, -0.2) is 20.1 Å². The normalized spacial score (nSPS) is 10.8. The van der Waals surface area contributed by atoms with Gasteiger partial charge >= 0.3 is 0 Å². The number of ether oxygens (including phenoxy) is 1. The minimum absolute atomic E-state index is 0.332. The maximum Gasteiger partial charge on any atom is 0.170 e. The maximum absolute atomic E-state index is 5.89. The number of nitrogens with zero attached hydrogens (tertiary/aromatic N) is 4. The number of nitrogens with two attached hydrogens (primary N) is 1. The van der Waals surface area contributed by atoms with E-state index < -0.39 is 0 Å². The Kier molecular flexibility index (Phi) is 4.97. The molecule has 1 aromatic carbocycles. The van der Waals surface area contributed by atoms with Gasteiger partial charge in [-0.05, 0) is 42.3 Å². The summed E-state index contributed by atoms with van der Waals surface area (Å²) in [6.07, 6.45) is 5.84. The van der Waals surface area contributed by atoms with Gasteiger partial charge in [0.2, 0.25) is 0 Å². The molecule has 4 rings (SSSR count). The van der Waals surface area contributed by atoms with Gasteiger partial charge in [-0.15, -0.1) is 0 Å². The molecule has 0 saturated heterocycles. The monoisotopic (exact) mass is 373 g/mol. The van der Waals surface area contributed by atoms with E-state index in [9.17, 15) is 0 Å². The Morgan fingerprint density at radius 1 is 1.04 bits per heavy atom. The number of aryl methyl sites for hydroxylation is 1. The highest BCUT2D eigenvalue weighted by Crippen LogP contribution is 2.25. The molecule has 0 aliphatic rings. The fraction of sp³-hybridized carbons (Fsp3) is 0.143. The molecule has 4 aromatic rings. The van der Waals surface area contributed by atoms with E-state index in [0.29, 0.717) is 30.4 Å². The number of hydrogen-bond acceptors (Lipinski definition) is 7. The molecule has 0 saturated carbocycles. The SMILES string of the molecule is Cc1cnc(COc2ccc(Cc3cc(-c4cccnc4N)on3)cc2)nc1. The Bertz CT molecular complexity index is 1060. The van der Waals surface area contributed by atoms with Crippen molar-refractivity contribution in [1.82, 2.24) is 20.1 Å². The lowest BCUT2D eigenvalue weighted by Gasteiger charge is -2.06. The molecule has 7 heteroatoms. The van der Waals surface area contributed by atoms with Crippen molar-refractivity contribution >= 4 is 5.82 Å². The van der Waals surface area contributed by atoms with Crippen LogP contribution in [0.4, 0.5) is 5.82 Å². The first-order valence-electron chi connectivity index (χ1n) is 8.83. The van der Waals surface area contributed by atoms with Crippen molar-refractivity contribution in [3.05, 3.63) is 83.7 Å². The zero-order valence-corrected chi connectivity index (χ0v) is 15.4. The Hall–Kier alpha value is -3.74. The third-order valence-corrected chi connectivity index (χ3v) is 4.17. The first-order valence-corrected chi connectivity index (χ1v) is 8.83. The molecule has 0 atom stereocenters. The smallest absolute Gasteiger partial charge is 0.170 e. The first kappa shape index (κ1) is 17.7. The molecular weight excluding hydrogens is 354 g/mol. The van der Waals surface area contributed by atoms with Crippen LogP contribution in [0.2, 0.25) is 0 Å². The second-order valence-corrected chi connectivity index (χ2v) is 6.40. The largest absolute Gasteiger partial charge is 0.486 e. The standard InChI is InChI=1S/C21H19N5O2/c1-14-11-24-20(25-12-14)13-27-17-6-4-15(5-7-17)9-16-10-19(28-26-16)18-3-2-8-23-21(18)22/h2-8,10-12H,9,13H2,1H3,(H2,22,23). The summed E-state index contributed by atoms with van der Waals surface area (Å²) >= 11 is 0. The number of nitrogen functional groups attached to an aromatic ring is 1. The predicted molar refractivity (Wildman–Crippen MR) is 104 cm³/mol. The fourth-order valence-corrected chi connectivity index (χ4v) is 2.70. The van der Waals surface area contributed by atoms with Gasteiger partial charge in [-0.3, -0.25) is 0 Å². The van der Waals surface area contributed by atoms with Crippen LogP contribution in [0.1, 0.15) is 22.6 Å². The second kappa shape index (κ2) is 7.87. The van der Waals surface area contributed by atoms with E-state index in [0.717, 1.165) is 28.1 Å². The van der Waals surface area contributed by atoms with Gasteiger partial charge in [0.25, 0.3) is 0 Å². The first-order chi connectivity index (χ1) is 13.7. The predicted octanol–water partition coefficient (Wildman–Crippen LogP) is 3.59. The van der Waals surface area contributed by atoms with Gasteiger partial charge in [0.15, 0.2) is 11.6 Å². The van der Waals surface area contributed by atoms with Gasteiger partial charge in [0, 0.05) is 31.1 Å². The van der Waals surface area contributed by atoms with E-state index in [-0.39, 0.29) is 0 Å². The third kappa shape index (κ3) is 4.15. The summed E-state index contributed by atoms with van der Waals surface area (Å²) < 4.78 is 11.1. The van der Waals surface area contributed by atoms with Crippen molar-refractivity contribution in [1.29, 1.82) is 0 Å². The molecule has 0 unspecified atom stereocenters. The molecule has 0 bridgehead atoms. The van der Waals surface area contributed by atoms with Gasteiger partial charge in [-0.25, -0.2) is 15.0 Å². The maximum atomic E-state index is 5.89. The van der Waals surface area contributed by atoms with Crippen LogP contribution in [0.15, 0.2) is 65.6 Å². The number of aromatic nitrogens is 4. The molecule has 3 aromatic heterocycles. The summed E-state index contributed by atoms with van der Waals surface area (Å²) in [5.41, 5.74) is 9.56. The topological polar surface area (TPSA) is 100.0 Å². The minimum Gasteiger partial charge on any atom is -0.486 e. The molecule has 0 aliphatic heterocycles. The second-order valence-electron chi connectivity index (χ2n) is 6.40. The van der Waals surface area contributed by atoms with Crippen molar-refractivity contribution < 1.29 is 9.26 Å². The molecule has 0 fully saturated rings. The van der Waals surface area contributed by atoms with Crippen LogP contribution < -0.4 is 10.5 Å². The number of anilines is 1. The van der Waals surface area contributed by atoms with Gasteiger partial charge in [0.1, 0.15) is 18.2 Å². The zero-order chi connectivity index (χ0) is 19.3. The van der Waals surface area contributed by atoms with E-state index in [1.165, 1.54) is 0 Å². The van der Waals surface area contributed by atoms with E-state index in [4.69, 9.17) is 15.0 Å². The average Bonchev–Trinajstić information content (AvgIpc) is 3.17.